The molecule has 0 saturated heterocycles. The molecule has 0 fully saturated rings. The first-order chi connectivity index (χ1) is 12.0. The summed E-state index contributed by atoms with van der Waals surface area (Å²) in [6.45, 7) is 3.85. The zero-order valence-corrected chi connectivity index (χ0v) is 14.1. The molecule has 0 saturated carbocycles. The van der Waals surface area contributed by atoms with Crippen LogP contribution in [-0.4, -0.2) is 38.6 Å². The van der Waals surface area contributed by atoms with Gasteiger partial charge in [-0.2, -0.15) is 9.61 Å². The second kappa shape index (κ2) is 6.63. The first-order valence-electron chi connectivity index (χ1n) is 7.74. The Kier molecular flexibility index (Phi) is 4.38. The summed E-state index contributed by atoms with van der Waals surface area (Å²) in [5.74, 6) is 1.03. The normalized spacial score (nSPS) is 10.9. The summed E-state index contributed by atoms with van der Waals surface area (Å²) in [5, 5.41) is 10.3. The third-order valence-electron chi connectivity index (χ3n) is 3.37. The summed E-state index contributed by atoms with van der Waals surface area (Å²) in [6, 6.07) is 5.39. The summed E-state index contributed by atoms with van der Waals surface area (Å²) in [4.78, 5) is 20.3. The van der Waals surface area contributed by atoms with Gasteiger partial charge in [-0.25, -0.2) is 9.97 Å². The number of pyridine rings is 1. The second-order valence-electron chi connectivity index (χ2n) is 5.58. The number of ether oxygens (including phenoxy) is 1. The maximum absolute atomic E-state index is 11.6. The van der Waals surface area contributed by atoms with E-state index in [0.717, 1.165) is 0 Å². The summed E-state index contributed by atoms with van der Waals surface area (Å²) in [6.07, 6.45) is 3.03. The highest BCUT2D eigenvalue weighted by atomic mass is 16.5. The van der Waals surface area contributed by atoms with Crippen LogP contribution < -0.4 is 21.1 Å². The Labute approximate surface area is 144 Å². The van der Waals surface area contributed by atoms with Gasteiger partial charge in [-0.15, -0.1) is 0 Å². The Morgan fingerprint density at radius 3 is 2.88 bits per heavy atom. The van der Waals surface area contributed by atoms with Crippen molar-refractivity contribution in [3.63, 3.8) is 0 Å². The Morgan fingerprint density at radius 1 is 1.40 bits per heavy atom. The summed E-state index contributed by atoms with van der Waals surface area (Å²) in [7, 11) is 1.75. The Morgan fingerprint density at radius 2 is 2.20 bits per heavy atom. The first-order valence-corrected chi connectivity index (χ1v) is 7.74. The fraction of sp³-hybridized carbons (Fsp3) is 0.250. The molecule has 0 unspecified atom stereocenters. The topological polar surface area (TPSA) is 119 Å². The van der Waals surface area contributed by atoms with Crippen molar-refractivity contribution >= 4 is 28.9 Å². The summed E-state index contributed by atoms with van der Waals surface area (Å²) in [5.41, 5.74) is 6.66. The molecule has 3 rings (SSSR count). The number of primary amides is 1. The number of hydrogen-bond acceptors (Lipinski definition) is 7. The van der Waals surface area contributed by atoms with E-state index in [1.165, 1.54) is 10.7 Å². The molecule has 0 bridgehead atoms. The minimum Gasteiger partial charge on any atom is -0.473 e. The molecule has 9 heteroatoms. The number of carbonyl (C=O) groups excluding carboxylic acids is 1. The van der Waals surface area contributed by atoms with Gasteiger partial charge in [0.1, 0.15) is 22.9 Å². The van der Waals surface area contributed by atoms with Crippen LogP contribution in [0.5, 0.6) is 5.88 Å². The van der Waals surface area contributed by atoms with E-state index in [4.69, 9.17) is 10.5 Å². The van der Waals surface area contributed by atoms with Gasteiger partial charge in [-0.05, 0) is 26.0 Å². The molecule has 0 spiro atoms. The summed E-state index contributed by atoms with van der Waals surface area (Å²) < 4.78 is 7.21. The fourth-order valence-corrected chi connectivity index (χ4v) is 2.32. The van der Waals surface area contributed by atoms with E-state index in [1.807, 2.05) is 19.9 Å². The minimum absolute atomic E-state index is 0.0185. The van der Waals surface area contributed by atoms with Gasteiger partial charge < -0.3 is 21.1 Å². The molecule has 0 aliphatic carbocycles. The molecule has 25 heavy (non-hydrogen) atoms. The van der Waals surface area contributed by atoms with E-state index in [2.05, 4.69) is 25.7 Å². The van der Waals surface area contributed by atoms with Gasteiger partial charge in [0.05, 0.1) is 12.3 Å². The third-order valence-corrected chi connectivity index (χ3v) is 3.37. The van der Waals surface area contributed by atoms with Crippen LogP contribution in [0.4, 0.5) is 17.3 Å². The van der Waals surface area contributed by atoms with Crippen molar-refractivity contribution in [1.29, 1.82) is 0 Å². The first kappa shape index (κ1) is 16.5. The van der Waals surface area contributed by atoms with Crippen molar-refractivity contribution in [2.45, 2.75) is 20.0 Å². The Hall–Kier alpha value is -3.36. The number of amides is 1. The van der Waals surface area contributed by atoms with Gasteiger partial charge in [0, 0.05) is 19.3 Å². The average Bonchev–Trinajstić information content (AvgIpc) is 2.99. The predicted molar refractivity (Wildman–Crippen MR) is 94.3 cm³/mol. The smallest absolute Gasteiger partial charge is 0.254 e. The highest BCUT2D eigenvalue weighted by Crippen LogP contribution is 2.27. The maximum atomic E-state index is 11.6. The molecular weight excluding hydrogens is 322 g/mol. The van der Waals surface area contributed by atoms with Crippen LogP contribution in [0.2, 0.25) is 0 Å². The SMILES string of the molecule is CNc1cc(Nc2cccnc2OC(C)C)nc2c(C(N)=O)cnn12. The van der Waals surface area contributed by atoms with E-state index in [0.29, 0.717) is 28.9 Å². The van der Waals surface area contributed by atoms with Gasteiger partial charge in [-0.3, -0.25) is 4.79 Å². The predicted octanol–water partition coefficient (Wildman–Crippen LogP) is 1.80. The molecule has 3 aromatic heterocycles. The van der Waals surface area contributed by atoms with Crippen molar-refractivity contribution in [1.82, 2.24) is 19.6 Å². The molecule has 130 valence electrons. The van der Waals surface area contributed by atoms with E-state index in [-0.39, 0.29) is 11.7 Å². The molecule has 0 aromatic carbocycles. The fourth-order valence-electron chi connectivity index (χ4n) is 2.32. The lowest BCUT2D eigenvalue weighted by Crippen LogP contribution is -2.12. The molecule has 1 amide bonds. The van der Waals surface area contributed by atoms with Crippen LogP contribution >= 0.6 is 0 Å². The van der Waals surface area contributed by atoms with Crippen LogP contribution in [0, 0.1) is 0 Å². The quantitative estimate of drug-likeness (QED) is 0.625. The van der Waals surface area contributed by atoms with Gasteiger partial charge in [0.25, 0.3) is 5.91 Å². The number of nitrogens with one attached hydrogen (secondary N) is 2. The van der Waals surface area contributed by atoms with Crippen molar-refractivity contribution in [2.24, 2.45) is 5.73 Å². The molecule has 9 nitrogen and oxygen atoms in total. The zero-order chi connectivity index (χ0) is 18.0. The number of nitrogens with zero attached hydrogens (tertiary/aromatic N) is 4. The maximum Gasteiger partial charge on any atom is 0.254 e. The second-order valence-corrected chi connectivity index (χ2v) is 5.58. The standard InChI is InChI=1S/C16H19N7O2/c1-9(2)25-16-11(5-4-6-19-16)21-12-7-13(18-3)23-15(22-12)10(8-20-23)14(17)24/h4-9,18H,1-3H3,(H2,17,24)(H,21,22). The number of rotatable bonds is 6. The number of carbonyl (C=O) groups is 1. The monoisotopic (exact) mass is 341 g/mol. The Balaban J connectivity index is 2.05. The van der Waals surface area contributed by atoms with Crippen LogP contribution in [-0.2, 0) is 0 Å². The van der Waals surface area contributed by atoms with Crippen LogP contribution in [0.25, 0.3) is 5.65 Å². The van der Waals surface area contributed by atoms with Crippen LogP contribution in [0.1, 0.15) is 24.2 Å². The molecule has 0 aliphatic rings. The number of hydrogen-bond donors (Lipinski definition) is 3. The molecule has 3 aromatic rings. The van der Waals surface area contributed by atoms with Crippen molar-refractivity contribution in [2.75, 3.05) is 17.7 Å². The van der Waals surface area contributed by atoms with E-state index in [9.17, 15) is 4.79 Å². The number of anilines is 3. The van der Waals surface area contributed by atoms with E-state index >= 15 is 0 Å². The highest BCUT2D eigenvalue weighted by molar-refractivity contribution is 5.99. The van der Waals surface area contributed by atoms with Gasteiger partial charge in [-0.1, -0.05) is 0 Å². The summed E-state index contributed by atoms with van der Waals surface area (Å²) >= 11 is 0. The lowest BCUT2D eigenvalue weighted by atomic mass is 10.3. The zero-order valence-electron chi connectivity index (χ0n) is 14.1. The lowest BCUT2D eigenvalue weighted by Gasteiger charge is -2.14. The van der Waals surface area contributed by atoms with Gasteiger partial charge in [0.2, 0.25) is 5.88 Å². The lowest BCUT2D eigenvalue weighted by molar-refractivity contribution is 0.100. The molecule has 4 N–H and O–H groups in total. The molecule has 0 atom stereocenters. The van der Waals surface area contributed by atoms with Crippen molar-refractivity contribution in [3.05, 3.63) is 36.2 Å². The number of aromatic nitrogens is 4. The van der Waals surface area contributed by atoms with Gasteiger partial charge in [0.15, 0.2) is 5.65 Å². The highest BCUT2D eigenvalue weighted by Gasteiger charge is 2.15. The van der Waals surface area contributed by atoms with Crippen LogP contribution in [0.15, 0.2) is 30.6 Å². The van der Waals surface area contributed by atoms with E-state index in [1.54, 1.807) is 25.4 Å². The largest absolute Gasteiger partial charge is 0.473 e. The molecule has 0 aliphatic heterocycles. The third kappa shape index (κ3) is 3.30. The van der Waals surface area contributed by atoms with E-state index < -0.39 is 5.91 Å². The molecule has 0 radical (unpaired) electrons. The average molecular weight is 341 g/mol. The number of nitrogens with two attached hydrogens (primary N) is 1. The van der Waals surface area contributed by atoms with Gasteiger partial charge >= 0.3 is 0 Å². The minimum atomic E-state index is -0.591. The van der Waals surface area contributed by atoms with Crippen molar-refractivity contribution < 1.29 is 9.53 Å². The molecular formula is C16H19N7O2. The van der Waals surface area contributed by atoms with Crippen LogP contribution in [0.3, 0.4) is 0 Å². The number of fused-ring (bicyclic) bond motifs is 1. The Bertz CT molecular complexity index is 920. The molecule has 3 heterocycles. The van der Waals surface area contributed by atoms with Crippen molar-refractivity contribution in [3.8, 4) is 5.88 Å².